The van der Waals surface area contributed by atoms with Gasteiger partial charge in [0.2, 0.25) is 0 Å². The van der Waals surface area contributed by atoms with E-state index in [9.17, 15) is 4.39 Å². The van der Waals surface area contributed by atoms with Gasteiger partial charge >= 0.3 is 0 Å². The zero-order valence-corrected chi connectivity index (χ0v) is 11.8. The van der Waals surface area contributed by atoms with E-state index in [1.165, 1.54) is 12.1 Å². The van der Waals surface area contributed by atoms with Crippen LogP contribution in [0, 0.1) is 17.1 Å². The van der Waals surface area contributed by atoms with E-state index in [1.54, 1.807) is 24.4 Å². The van der Waals surface area contributed by atoms with Crippen LogP contribution in [0.5, 0.6) is 5.75 Å². The number of rotatable bonds is 6. The average Bonchev–Trinajstić information content (AvgIpc) is 2.50. The molecule has 0 saturated carbocycles. The third-order valence-electron chi connectivity index (χ3n) is 2.85. The number of hydrogen-bond donors (Lipinski definition) is 1. The topological polar surface area (TPSA) is 57.9 Å². The minimum absolute atomic E-state index is 0.265. The number of halogens is 1. The van der Waals surface area contributed by atoms with Crippen molar-refractivity contribution in [1.29, 1.82) is 5.26 Å². The van der Waals surface area contributed by atoms with Gasteiger partial charge in [0, 0.05) is 18.8 Å². The number of hydrogen-bond acceptors (Lipinski definition) is 4. The Morgan fingerprint density at radius 2 is 2.14 bits per heavy atom. The molecule has 0 radical (unpaired) electrons. The highest BCUT2D eigenvalue weighted by Crippen LogP contribution is 2.18. The molecule has 1 aromatic carbocycles. The molecule has 1 N–H and O–H groups in total. The molecule has 2 rings (SSSR count). The van der Waals surface area contributed by atoms with E-state index in [0.717, 1.165) is 17.7 Å². The fraction of sp³-hybridized carbons (Fsp3) is 0.250. The second-order valence-electron chi connectivity index (χ2n) is 4.53. The van der Waals surface area contributed by atoms with Crippen LogP contribution in [0.15, 0.2) is 36.5 Å². The minimum atomic E-state index is -0.326. The van der Waals surface area contributed by atoms with Crippen LogP contribution < -0.4 is 10.1 Å². The van der Waals surface area contributed by atoms with Gasteiger partial charge < -0.3 is 10.1 Å². The third kappa shape index (κ3) is 4.55. The van der Waals surface area contributed by atoms with E-state index in [-0.39, 0.29) is 12.4 Å². The van der Waals surface area contributed by atoms with Gasteiger partial charge in [-0.3, -0.25) is 0 Å². The highest BCUT2D eigenvalue weighted by molar-refractivity contribution is 5.30. The molecule has 0 unspecified atom stereocenters. The fourth-order valence-corrected chi connectivity index (χ4v) is 1.87. The maximum atomic E-state index is 13.5. The second-order valence-corrected chi connectivity index (χ2v) is 4.53. The van der Waals surface area contributed by atoms with E-state index in [2.05, 4.69) is 10.3 Å². The summed E-state index contributed by atoms with van der Waals surface area (Å²) in [7, 11) is 0. The maximum Gasteiger partial charge on any atom is 0.140 e. The predicted molar refractivity (Wildman–Crippen MR) is 77.1 cm³/mol. The van der Waals surface area contributed by atoms with Crippen LogP contribution in [0.4, 0.5) is 4.39 Å². The van der Waals surface area contributed by atoms with Crippen molar-refractivity contribution >= 4 is 0 Å². The first-order valence-corrected chi connectivity index (χ1v) is 6.69. The summed E-state index contributed by atoms with van der Waals surface area (Å²) in [6, 6.07) is 10.0. The third-order valence-corrected chi connectivity index (χ3v) is 2.85. The molecule has 5 heteroatoms. The quantitative estimate of drug-likeness (QED) is 0.886. The molecule has 2 aromatic rings. The van der Waals surface area contributed by atoms with Crippen molar-refractivity contribution in [3.8, 4) is 11.8 Å². The molecule has 0 aliphatic carbocycles. The molecule has 0 saturated heterocycles. The van der Waals surface area contributed by atoms with Gasteiger partial charge in [0.15, 0.2) is 0 Å². The molecule has 1 aromatic heterocycles. The van der Waals surface area contributed by atoms with Gasteiger partial charge in [0.1, 0.15) is 29.9 Å². The molecule has 4 nitrogen and oxygen atoms in total. The van der Waals surface area contributed by atoms with E-state index in [0.29, 0.717) is 18.0 Å². The van der Waals surface area contributed by atoms with Gasteiger partial charge in [0.25, 0.3) is 0 Å². The molecule has 0 fully saturated rings. The van der Waals surface area contributed by atoms with Crippen molar-refractivity contribution in [3.05, 3.63) is 59.2 Å². The number of pyridine rings is 1. The van der Waals surface area contributed by atoms with E-state index in [1.807, 2.05) is 13.0 Å². The van der Waals surface area contributed by atoms with Crippen LogP contribution >= 0.6 is 0 Å². The van der Waals surface area contributed by atoms with Crippen LogP contribution in [0.1, 0.15) is 23.7 Å². The summed E-state index contributed by atoms with van der Waals surface area (Å²) in [4.78, 5) is 3.89. The lowest BCUT2D eigenvalue weighted by molar-refractivity contribution is 0.304. The summed E-state index contributed by atoms with van der Waals surface area (Å²) < 4.78 is 19.1. The standard InChI is InChI=1S/C16H16FN3O/c1-2-19-10-13-5-14(17)8-16(7-13)21-11-12-3-4-20-15(6-12)9-18/h3-8,19H,2,10-11H2,1H3. The Labute approximate surface area is 123 Å². The minimum Gasteiger partial charge on any atom is -0.489 e. The molecule has 0 aliphatic rings. The largest absolute Gasteiger partial charge is 0.489 e. The molecule has 0 atom stereocenters. The molecular weight excluding hydrogens is 269 g/mol. The van der Waals surface area contributed by atoms with E-state index in [4.69, 9.17) is 10.00 Å². The van der Waals surface area contributed by atoms with Crippen molar-refractivity contribution in [3.63, 3.8) is 0 Å². The predicted octanol–water partition coefficient (Wildman–Crippen LogP) is 2.78. The number of nitrogens with one attached hydrogen (secondary N) is 1. The molecule has 0 amide bonds. The van der Waals surface area contributed by atoms with Crippen LogP contribution in [-0.2, 0) is 13.2 Å². The Hall–Kier alpha value is -2.45. The molecule has 0 spiro atoms. The average molecular weight is 285 g/mol. The van der Waals surface area contributed by atoms with Crippen molar-refractivity contribution < 1.29 is 9.13 Å². The van der Waals surface area contributed by atoms with Crippen LogP contribution in [-0.4, -0.2) is 11.5 Å². The molecule has 0 aliphatic heterocycles. The monoisotopic (exact) mass is 285 g/mol. The normalized spacial score (nSPS) is 10.1. The van der Waals surface area contributed by atoms with Crippen molar-refractivity contribution in [1.82, 2.24) is 10.3 Å². The molecule has 0 bridgehead atoms. The first kappa shape index (κ1) is 14.9. The van der Waals surface area contributed by atoms with Gasteiger partial charge in [-0.05, 0) is 41.9 Å². The lowest BCUT2D eigenvalue weighted by Gasteiger charge is -2.09. The first-order chi connectivity index (χ1) is 10.2. The summed E-state index contributed by atoms with van der Waals surface area (Å²) in [5.41, 5.74) is 1.99. The van der Waals surface area contributed by atoms with Crippen LogP contribution in [0.2, 0.25) is 0 Å². The summed E-state index contributed by atoms with van der Waals surface area (Å²) >= 11 is 0. The van der Waals surface area contributed by atoms with E-state index < -0.39 is 0 Å². The molecule has 21 heavy (non-hydrogen) atoms. The summed E-state index contributed by atoms with van der Waals surface area (Å²) in [6.45, 7) is 3.67. The van der Waals surface area contributed by atoms with Crippen molar-refractivity contribution in [2.75, 3.05) is 6.54 Å². The number of benzene rings is 1. The van der Waals surface area contributed by atoms with Crippen LogP contribution in [0.3, 0.4) is 0 Å². The SMILES string of the molecule is CCNCc1cc(F)cc(OCc2ccnc(C#N)c2)c1. The molecule has 1 heterocycles. The fourth-order valence-electron chi connectivity index (χ4n) is 1.87. The summed E-state index contributed by atoms with van der Waals surface area (Å²) in [6.07, 6.45) is 1.55. The Bertz CT molecular complexity index is 652. The molecule has 108 valence electrons. The number of nitriles is 1. The van der Waals surface area contributed by atoms with Gasteiger partial charge in [-0.25, -0.2) is 9.37 Å². The molecular formula is C16H16FN3O. The summed E-state index contributed by atoms with van der Waals surface area (Å²) in [5, 5.41) is 11.9. The van der Waals surface area contributed by atoms with Gasteiger partial charge in [-0.2, -0.15) is 5.26 Å². The maximum absolute atomic E-state index is 13.5. The number of nitrogens with zero attached hydrogens (tertiary/aromatic N) is 2. The Morgan fingerprint density at radius 1 is 1.29 bits per heavy atom. The number of ether oxygens (including phenoxy) is 1. The smallest absolute Gasteiger partial charge is 0.140 e. The lowest BCUT2D eigenvalue weighted by atomic mass is 10.2. The first-order valence-electron chi connectivity index (χ1n) is 6.69. The van der Waals surface area contributed by atoms with Gasteiger partial charge in [-0.1, -0.05) is 6.92 Å². The Morgan fingerprint density at radius 3 is 2.90 bits per heavy atom. The van der Waals surface area contributed by atoms with Crippen molar-refractivity contribution in [2.45, 2.75) is 20.1 Å². The number of aromatic nitrogens is 1. The highest BCUT2D eigenvalue weighted by Gasteiger charge is 2.03. The second kappa shape index (κ2) is 7.36. The van der Waals surface area contributed by atoms with Gasteiger partial charge in [0.05, 0.1) is 0 Å². The van der Waals surface area contributed by atoms with E-state index >= 15 is 0 Å². The zero-order chi connectivity index (χ0) is 15.1. The van der Waals surface area contributed by atoms with Crippen LogP contribution in [0.25, 0.3) is 0 Å². The van der Waals surface area contributed by atoms with Crippen molar-refractivity contribution in [2.24, 2.45) is 0 Å². The summed E-state index contributed by atoms with van der Waals surface area (Å²) in [5.74, 6) is 0.145. The zero-order valence-electron chi connectivity index (χ0n) is 11.8. The van der Waals surface area contributed by atoms with Gasteiger partial charge in [-0.15, -0.1) is 0 Å². The lowest BCUT2D eigenvalue weighted by Crippen LogP contribution is -2.12. The Kier molecular flexibility index (Phi) is 5.24. The highest BCUT2D eigenvalue weighted by atomic mass is 19.1. The Balaban J connectivity index is 2.05.